The number of carboxylic acids is 1. The number of rotatable bonds is 7. The monoisotopic (exact) mass is 366 g/mol. The van der Waals surface area contributed by atoms with Crippen molar-refractivity contribution in [2.75, 3.05) is 24.7 Å². The summed E-state index contributed by atoms with van der Waals surface area (Å²) in [5, 5.41) is 14.6. The summed E-state index contributed by atoms with van der Waals surface area (Å²) in [7, 11) is 0. The summed E-state index contributed by atoms with van der Waals surface area (Å²) >= 11 is 1.67. The lowest BCUT2D eigenvalue weighted by molar-refractivity contribution is -0.147. The highest BCUT2D eigenvalue weighted by atomic mass is 32.2. The molecule has 0 atom stereocenters. The number of aliphatic carboxylic acids is 1. The van der Waals surface area contributed by atoms with Gasteiger partial charge in [0.2, 0.25) is 5.91 Å². The Bertz CT molecular complexity index is 644. The maximum atomic E-state index is 12.3. The molecule has 0 spiro atoms. The van der Waals surface area contributed by atoms with Crippen molar-refractivity contribution in [2.45, 2.75) is 25.3 Å². The van der Waals surface area contributed by atoms with Gasteiger partial charge >= 0.3 is 5.97 Å². The number of hydrogen-bond donors (Lipinski definition) is 3. The van der Waals surface area contributed by atoms with Crippen LogP contribution < -0.4 is 15.4 Å². The molecule has 0 radical (unpaired) electrons. The van der Waals surface area contributed by atoms with E-state index in [9.17, 15) is 19.5 Å². The zero-order valence-corrected chi connectivity index (χ0v) is 14.9. The van der Waals surface area contributed by atoms with Crippen LogP contribution in [0.2, 0.25) is 0 Å². The molecular formula is C17H22N2O5S. The van der Waals surface area contributed by atoms with E-state index in [-0.39, 0.29) is 6.54 Å². The molecule has 136 valence electrons. The summed E-state index contributed by atoms with van der Waals surface area (Å²) in [5.41, 5.74) is -0.907. The summed E-state index contributed by atoms with van der Waals surface area (Å²) in [6.07, 6.45) is 0.750. The summed E-state index contributed by atoms with van der Waals surface area (Å²) in [4.78, 5) is 36.0. The van der Waals surface area contributed by atoms with Crippen LogP contribution in [-0.4, -0.2) is 53.1 Å². The molecule has 1 aromatic rings. The first-order valence-electron chi connectivity index (χ1n) is 8.10. The largest absolute Gasteiger partial charge is 0.493 e. The van der Waals surface area contributed by atoms with Crippen molar-refractivity contribution in [1.29, 1.82) is 0 Å². The molecule has 1 fully saturated rings. The van der Waals surface area contributed by atoms with Gasteiger partial charge in [0.05, 0.1) is 18.7 Å². The van der Waals surface area contributed by atoms with E-state index in [0.717, 1.165) is 0 Å². The fourth-order valence-electron chi connectivity index (χ4n) is 2.61. The Kier molecular flexibility index (Phi) is 6.69. The van der Waals surface area contributed by atoms with Crippen molar-refractivity contribution in [2.24, 2.45) is 0 Å². The van der Waals surface area contributed by atoms with Crippen molar-refractivity contribution in [3.8, 4) is 5.75 Å². The van der Waals surface area contributed by atoms with E-state index in [1.165, 1.54) is 0 Å². The topological polar surface area (TPSA) is 105 Å². The van der Waals surface area contributed by atoms with E-state index in [0.29, 0.717) is 42.3 Å². The first-order chi connectivity index (χ1) is 12.0. The molecule has 1 saturated heterocycles. The summed E-state index contributed by atoms with van der Waals surface area (Å²) in [5.74, 6) is -0.191. The molecule has 2 amide bonds. The van der Waals surface area contributed by atoms with Crippen molar-refractivity contribution < 1.29 is 24.2 Å². The second kappa shape index (κ2) is 8.75. The number of ether oxygens (including phenoxy) is 1. The van der Waals surface area contributed by atoms with Crippen molar-refractivity contribution in [1.82, 2.24) is 10.6 Å². The van der Waals surface area contributed by atoms with Gasteiger partial charge in [-0.1, -0.05) is 12.1 Å². The predicted molar refractivity (Wildman–Crippen MR) is 95.0 cm³/mol. The zero-order chi connectivity index (χ0) is 18.3. The van der Waals surface area contributed by atoms with E-state index in [1.54, 1.807) is 36.0 Å². The van der Waals surface area contributed by atoms with Gasteiger partial charge in [-0.2, -0.15) is 11.8 Å². The van der Waals surface area contributed by atoms with Gasteiger partial charge < -0.3 is 20.5 Å². The number of benzene rings is 1. The average molecular weight is 366 g/mol. The Morgan fingerprint density at radius 1 is 1.24 bits per heavy atom. The van der Waals surface area contributed by atoms with Crippen LogP contribution >= 0.6 is 11.8 Å². The van der Waals surface area contributed by atoms with E-state index in [2.05, 4.69) is 10.6 Å². The van der Waals surface area contributed by atoms with Crippen LogP contribution in [0.25, 0.3) is 0 Å². The lowest BCUT2D eigenvalue weighted by Gasteiger charge is -2.33. The minimum Gasteiger partial charge on any atom is -0.493 e. The lowest BCUT2D eigenvalue weighted by atomic mass is 9.92. The highest BCUT2D eigenvalue weighted by Gasteiger charge is 2.41. The maximum absolute atomic E-state index is 12.3. The standard InChI is InChI=1S/C17H22N2O5S/c1-2-24-13-6-4-3-5-12(13)15(21)18-11-14(20)19-17(16(22)23)7-9-25-10-8-17/h3-6H,2,7-11H2,1H3,(H,18,21)(H,19,20)(H,22,23). The van der Waals surface area contributed by atoms with Gasteiger partial charge in [0.25, 0.3) is 5.91 Å². The molecule has 7 nitrogen and oxygen atoms in total. The predicted octanol–water partition coefficient (Wildman–Crippen LogP) is 1.28. The minimum absolute atomic E-state index is 0.290. The van der Waals surface area contributed by atoms with Crippen molar-refractivity contribution in [3.05, 3.63) is 29.8 Å². The molecule has 1 aliphatic rings. The molecule has 0 unspecified atom stereocenters. The second-order valence-electron chi connectivity index (χ2n) is 5.66. The summed E-state index contributed by atoms with van der Waals surface area (Å²) in [6.45, 7) is 1.95. The number of nitrogens with one attached hydrogen (secondary N) is 2. The molecule has 0 aliphatic carbocycles. The van der Waals surface area contributed by atoms with Crippen molar-refractivity contribution in [3.63, 3.8) is 0 Å². The summed E-state index contributed by atoms with van der Waals surface area (Å²) in [6, 6.07) is 6.75. The number of amides is 2. The van der Waals surface area contributed by atoms with Gasteiger partial charge in [0.1, 0.15) is 11.3 Å². The molecule has 1 heterocycles. The number of carbonyl (C=O) groups excluding carboxylic acids is 2. The number of carboxylic acid groups (broad SMARTS) is 1. The number of thioether (sulfide) groups is 1. The van der Waals surface area contributed by atoms with Gasteiger partial charge in [-0.15, -0.1) is 0 Å². The lowest BCUT2D eigenvalue weighted by Crippen LogP contribution is -2.58. The Morgan fingerprint density at radius 2 is 1.92 bits per heavy atom. The van der Waals surface area contributed by atoms with Crippen molar-refractivity contribution >= 4 is 29.5 Å². The molecule has 25 heavy (non-hydrogen) atoms. The van der Waals surface area contributed by atoms with Crippen LogP contribution in [0.5, 0.6) is 5.75 Å². The minimum atomic E-state index is -1.24. The Labute approximate surface area is 150 Å². The van der Waals surface area contributed by atoms with E-state index in [1.807, 2.05) is 6.92 Å². The van der Waals surface area contributed by atoms with Gasteiger partial charge in [-0.25, -0.2) is 4.79 Å². The molecule has 1 aliphatic heterocycles. The zero-order valence-electron chi connectivity index (χ0n) is 14.0. The normalized spacial score (nSPS) is 15.9. The quantitative estimate of drug-likeness (QED) is 0.671. The third-order valence-corrected chi connectivity index (χ3v) is 4.96. The number of carbonyl (C=O) groups is 3. The second-order valence-corrected chi connectivity index (χ2v) is 6.88. The fraction of sp³-hybridized carbons (Fsp3) is 0.471. The Balaban J connectivity index is 1.95. The smallest absolute Gasteiger partial charge is 0.329 e. The SMILES string of the molecule is CCOc1ccccc1C(=O)NCC(=O)NC1(C(=O)O)CCSCC1. The molecule has 3 N–H and O–H groups in total. The van der Waals surface area contributed by atoms with Crippen LogP contribution in [0.3, 0.4) is 0 Å². The molecule has 0 aromatic heterocycles. The molecule has 2 rings (SSSR count). The maximum Gasteiger partial charge on any atom is 0.329 e. The van der Waals surface area contributed by atoms with E-state index < -0.39 is 23.3 Å². The van der Waals surface area contributed by atoms with Crippen LogP contribution in [-0.2, 0) is 9.59 Å². The van der Waals surface area contributed by atoms with Gasteiger partial charge in [-0.05, 0) is 43.4 Å². The fourth-order valence-corrected chi connectivity index (χ4v) is 3.80. The van der Waals surface area contributed by atoms with Gasteiger partial charge in [0.15, 0.2) is 0 Å². The molecule has 8 heteroatoms. The molecule has 0 saturated carbocycles. The van der Waals surface area contributed by atoms with Gasteiger partial charge in [-0.3, -0.25) is 9.59 Å². The highest BCUT2D eigenvalue weighted by Crippen LogP contribution is 2.27. The molecule has 0 bridgehead atoms. The van der Waals surface area contributed by atoms with Crippen LogP contribution in [0.1, 0.15) is 30.1 Å². The van der Waals surface area contributed by atoms with E-state index >= 15 is 0 Å². The molecule has 1 aromatic carbocycles. The van der Waals surface area contributed by atoms with E-state index in [4.69, 9.17) is 4.74 Å². The van der Waals surface area contributed by atoms with Gasteiger partial charge in [0, 0.05) is 0 Å². The highest BCUT2D eigenvalue weighted by molar-refractivity contribution is 7.99. The third-order valence-electron chi connectivity index (χ3n) is 3.98. The molecular weight excluding hydrogens is 344 g/mol. The Hall–Kier alpha value is -2.22. The number of hydrogen-bond acceptors (Lipinski definition) is 5. The van der Waals surface area contributed by atoms with Crippen LogP contribution in [0, 0.1) is 0 Å². The summed E-state index contributed by atoms with van der Waals surface area (Å²) < 4.78 is 5.39. The van der Waals surface area contributed by atoms with Crippen LogP contribution in [0.4, 0.5) is 0 Å². The number of para-hydroxylation sites is 1. The first-order valence-corrected chi connectivity index (χ1v) is 9.26. The average Bonchev–Trinajstić information content (AvgIpc) is 2.61. The Morgan fingerprint density at radius 3 is 2.56 bits per heavy atom. The first kappa shape index (κ1) is 19.1. The van der Waals surface area contributed by atoms with Crippen LogP contribution in [0.15, 0.2) is 24.3 Å². The third kappa shape index (κ3) is 4.88.